The van der Waals surface area contributed by atoms with E-state index >= 15 is 0 Å². The van der Waals surface area contributed by atoms with Gasteiger partial charge in [0.25, 0.3) is 5.91 Å². The van der Waals surface area contributed by atoms with E-state index in [-0.39, 0.29) is 37.5 Å². The summed E-state index contributed by atoms with van der Waals surface area (Å²) in [4.78, 5) is 30.2. The summed E-state index contributed by atoms with van der Waals surface area (Å²) < 4.78 is 19.1. The summed E-state index contributed by atoms with van der Waals surface area (Å²) in [6.45, 7) is 0.865. The van der Waals surface area contributed by atoms with Crippen molar-refractivity contribution in [3.8, 4) is 0 Å². The summed E-state index contributed by atoms with van der Waals surface area (Å²) >= 11 is 0. The molecule has 2 N–H and O–H groups in total. The van der Waals surface area contributed by atoms with Crippen molar-refractivity contribution in [2.75, 3.05) is 19.7 Å². The van der Waals surface area contributed by atoms with E-state index in [0.29, 0.717) is 6.54 Å². The summed E-state index contributed by atoms with van der Waals surface area (Å²) in [5, 5.41) is 9.91. The molecule has 0 radical (unpaired) electrons. The third-order valence-electron chi connectivity index (χ3n) is 4.95. The largest absolute Gasteiger partial charge is 0.465 e. The molecule has 1 aromatic carbocycles. The number of carbonyl (C=O) groups is 2. The summed E-state index contributed by atoms with van der Waals surface area (Å²) in [7, 11) is 0. The van der Waals surface area contributed by atoms with E-state index < -0.39 is 12.2 Å². The Balaban J connectivity index is 1.55. The number of aromatic amines is 1. The van der Waals surface area contributed by atoms with Crippen LogP contribution in [0.15, 0.2) is 24.4 Å². The molecule has 26 heavy (non-hydrogen) atoms. The average molecular weight is 361 g/mol. The molecule has 138 valence electrons. The fraction of sp³-hybridized carbons (Fsp3) is 0.444. The van der Waals surface area contributed by atoms with Gasteiger partial charge in [0, 0.05) is 36.2 Å². The Bertz CT molecular complexity index is 848. The lowest BCUT2D eigenvalue weighted by Crippen LogP contribution is -2.52. The van der Waals surface area contributed by atoms with E-state index in [1.165, 1.54) is 17.0 Å². The number of aromatic nitrogens is 1. The Morgan fingerprint density at radius 2 is 2.19 bits per heavy atom. The first kappa shape index (κ1) is 16.8. The van der Waals surface area contributed by atoms with Gasteiger partial charge in [-0.3, -0.25) is 4.79 Å². The molecular weight excluding hydrogens is 341 g/mol. The number of hydrogen-bond acceptors (Lipinski definition) is 3. The Kier molecular flexibility index (Phi) is 4.28. The first-order valence-corrected chi connectivity index (χ1v) is 8.68. The number of nitrogens with one attached hydrogen (secondary N) is 1. The van der Waals surface area contributed by atoms with Crippen LogP contribution in [0.5, 0.6) is 0 Å². The van der Waals surface area contributed by atoms with E-state index in [2.05, 4.69) is 4.98 Å². The van der Waals surface area contributed by atoms with E-state index in [1.54, 1.807) is 17.2 Å². The first-order valence-electron chi connectivity index (χ1n) is 8.68. The van der Waals surface area contributed by atoms with E-state index in [0.717, 1.165) is 29.3 Å². The zero-order chi connectivity index (χ0) is 18.3. The van der Waals surface area contributed by atoms with Crippen molar-refractivity contribution in [3.63, 3.8) is 0 Å². The van der Waals surface area contributed by atoms with Gasteiger partial charge in [0.15, 0.2) is 6.10 Å². The summed E-state index contributed by atoms with van der Waals surface area (Å²) in [6, 6.07) is 4.65. The van der Waals surface area contributed by atoms with Crippen LogP contribution in [0.3, 0.4) is 0 Å². The van der Waals surface area contributed by atoms with Gasteiger partial charge in [-0.2, -0.15) is 0 Å². The topological polar surface area (TPSA) is 85.9 Å². The summed E-state index contributed by atoms with van der Waals surface area (Å²) in [6.07, 6.45) is 1.78. The standard InChI is InChI=1S/C18H20FN3O4/c19-12-1-4-15-14(7-12)11(8-20-15)9-22(13-2-3-13)17(23)16-10-21(18(24)25)5-6-26-16/h1,4,7-8,13,16,20H,2-3,5-6,9-10H2,(H,24,25). The maximum Gasteiger partial charge on any atom is 0.407 e. The molecule has 1 unspecified atom stereocenters. The molecule has 0 spiro atoms. The molecule has 2 aromatic rings. The van der Waals surface area contributed by atoms with Gasteiger partial charge in [-0.05, 0) is 36.6 Å². The van der Waals surface area contributed by atoms with Gasteiger partial charge in [-0.15, -0.1) is 0 Å². The monoisotopic (exact) mass is 361 g/mol. The normalized spacial score (nSPS) is 20.3. The van der Waals surface area contributed by atoms with Gasteiger partial charge in [0.05, 0.1) is 13.2 Å². The van der Waals surface area contributed by atoms with Crippen molar-refractivity contribution in [1.29, 1.82) is 0 Å². The Morgan fingerprint density at radius 3 is 2.92 bits per heavy atom. The summed E-state index contributed by atoms with van der Waals surface area (Å²) in [5.74, 6) is -0.528. The van der Waals surface area contributed by atoms with Crippen LogP contribution in [0.1, 0.15) is 18.4 Å². The minimum atomic E-state index is -1.05. The number of rotatable bonds is 4. The minimum Gasteiger partial charge on any atom is -0.465 e. The predicted molar refractivity (Wildman–Crippen MR) is 91.2 cm³/mol. The Labute approximate surface area is 149 Å². The third-order valence-corrected chi connectivity index (χ3v) is 4.95. The molecule has 2 aliphatic rings. The molecule has 1 aliphatic heterocycles. The lowest BCUT2D eigenvalue weighted by atomic mass is 10.1. The van der Waals surface area contributed by atoms with Gasteiger partial charge < -0.3 is 24.6 Å². The number of morpholine rings is 1. The van der Waals surface area contributed by atoms with Crippen LogP contribution >= 0.6 is 0 Å². The quantitative estimate of drug-likeness (QED) is 0.874. The van der Waals surface area contributed by atoms with E-state index in [1.807, 2.05) is 0 Å². The molecule has 0 bridgehead atoms. The van der Waals surface area contributed by atoms with Gasteiger partial charge in [0.1, 0.15) is 5.82 Å². The van der Waals surface area contributed by atoms with Crippen molar-refractivity contribution in [1.82, 2.24) is 14.8 Å². The number of benzene rings is 1. The maximum atomic E-state index is 13.6. The number of halogens is 1. The minimum absolute atomic E-state index is 0.0416. The number of hydrogen-bond donors (Lipinski definition) is 2. The van der Waals surface area contributed by atoms with Crippen LogP contribution in [-0.2, 0) is 16.1 Å². The van der Waals surface area contributed by atoms with Crippen molar-refractivity contribution >= 4 is 22.9 Å². The average Bonchev–Trinajstić information content (AvgIpc) is 3.41. The molecule has 1 saturated heterocycles. The molecule has 2 heterocycles. The number of ether oxygens (including phenoxy) is 1. The highest BCUT2D eigenvalue weighted by Crippen LogP contribution is 2.31. The lowest BCUT2D eigenvalue weighted by Gasteiger charge is -2.33. The Morgan fingerprint density at radius 1 is 1.38 bits per heavy atom. The first-order chi connectivity index (χ1) is 12.5. The number of fused-ring (bicyclic) bond motifs is 1. The van der Waals surface area contributed by atoms with Crippen LogP contribution in [0.25, 0.3) is 10.9 Å². The number of carbonyl (C=O) groups excluding carboxylic acids is 1. The van der Waals surface area contributed by atoms with Crippen molar-refractivity contribution in [2.24, 2.45) is 0 Å². The fourth-order valence-corrected chi connectivity index (χ4v) is 3.40. The molecule has 1 aliphatic carbocycles. The second-order valence-corrected chi connectivity index (χ2v) is 6.79. The smallest absolute Gasteiger partial charge is 0.407 e. The molecule has 1 saturated carbocycles. The van der Waals surface area contributed by atoms with Gasteiger partial charge in [0.2, 0.25) is 0 Å². The molecule has 8 heteroatoms. The maximum absolute atomic E-state index is 13.6. The SMILES string of the molecule is O=C(O)N1CCOC(C(=O)N(Cc2c[nH]c3ccc(F)cc23)C2CC2)C1. The third kappa shape index (κ3) is 3.24. The fourth-order valence-electron chi connectivity index (χ4n) is 3.40. The van der Waals surface area contributed by atoms with Gasteiger partial charge in [-0.25, -0.2) is 9.18 Å². The lowest BCUT2D eigenvalue weighted by molar-refractivity contribution is -0.149. The molecule has 4 rings (SSSR count). The van der Waals surface area contributed by atoms with Gasteiger partial charge >= 0.3 is 6.09 Å². The molecule has 2 fully saturated rings. The molecule has 2 amide bonds. The van der Waals surface area contributed by atoms with Crippen LogP contribution in [-0.4, -0.2) is 63.7 Å². The molecule has 1 aromatic heterocycles. The van der Waals surface area contributed by atoms with Crippen molar-refractivity contribution < 1.29 is 23.8 Å². The highest BCUT2D eigenvalue weighted by Gasteiger charge is 2.39. The summed E-state index contributed by atoms with van der Waals surface area (Å²) in [5.41, 5.74) is 1.65. The zero-order valence-electron chi connectivity index (χ0n) is 14.2. The highest BCUT2D eigenvalue weighted by atomic mass is 19.1. The second kappa shape index (κ2) is 6.60. The van der Waals surface area contributed by atoms with E-state index in [4.69, 9.17) is 9.84 Å². The molecular formula is C18H20FN3O4. The van der Waals surface area contributed by atoms with Crippen LogP contribution < -0.4 is 0 Å². The highest BCUT2D eigenvalue weighted by molar-refractivity contribution is 5.85. The predicted octanol–water partition coefficient (Wildman–Crippen LogP) is 2.18. The number of carboxylic acid groups (broad SMARTS) is 1. The molecule has 1 atom stereocenters. The molecule has 7 nitrogen and oxygen atoms in total. The van der Waals surface area contributed by atoms with Crippen LogP contribution in [0.2, 0.25) is 0 Å². The van der Waals surface area contributed by atoms with E-state index in [9.17, 15) is 14.0 Å². The number of H-pyrrole nitrogens is 1. The number of amides is 2. The van der Waals surface area contributed by atoms with Crippen LogP contribution in [0.4, 0.5) is 9.18 Å². The Hall–Kier alpha value is -2.61. The van der Waals surface area contributed by atoms with Crippen LogP contribution in [0, 0.1) is 5.82 Å². The zero-order valence-corrected chi connectivity index (χ0v) is 14.2. The second-order valence-electron chi connectivity index (χ2n) is 6.79. The van der Waals surface area contributed by atoms with Crippen molar-refractivity contribution in [2.45, 2.75) is 31.5 Å². The number of nitrogens with zero attached hydrogens (tertiary/aromatic N) is 2. The van der Waals surface area contributed by atoms with Gasteiger partial charge in [-0.1, -0.05) is 0 Å². The van der Waals surface area contributed by atoms with Crippen molar-refractivity contribution in [3.05, 3.63) is 35.8 Å².